The highest BCUT2D eigenvalue weighted by Crippen LogP contribution is 2.26. The Morgan fingerprint density at radius 1 is 1.50 bits per heavy atom. The van der Waals surface area contributed by atoms with Crippen LogP contribution in [0.15, 0.2) is 29.2 Å². The normalized spacial score (nSPS) is 12.8. The van der Waals surface area contributed by atoms with Crippen molar-refractivity contribution in [1.82, 2.24) is 5.32 Å². The van der Waals surface area contributed by atoms with Gasteiger partial charge in [0.15, 0.2) is 0 Å². The highest BCUT2D eigenvalue weighted by atomic mass is 35.5. The van der Waals surface area contributed by atoms with Crippen molar-refractivity contribution in [2.24, 2.45) is 0 Å². The summed E-state index contributed by atoms with van der Waals surface area (Å²) < 4.78 is 0. The van der Waals surface area contributed by atoms with Crippen LogP contribution in [0.25, 0.3) is 0 Å². The first-order valence-corrected chi connectivity index (χ1v) is 5.79. The standard InChI is InChI=1S/C10H14ClNOS/c1-12-8(6-13)7-14-10-5-3-2-4-9(10)11/h2-5,8,12-13H,6-7H2,1H3. The molecule has 0 aliphatic rings. The van der Waals surface area contributed by atoms with Gasteiger partial charge in [0, 0.05) is 16.7 Å². The van der Waals surface area contributed by atoms with Crippen molar-refractivity contribution in [3.63, 3.8) is 0 Å². The van der Waals surface area contributed by atoms with Gasteiger partial charge in [0.2, 0.25) is 0 Å². The molecule has 0 spiro atoms. The first kappa shape index (κ1) is 11.9. The average Bonchev–Trinajstić information content (AvgIpc) is 2.22. The lowest BCUT2D eigenvalue weighted by molar-refractivity contribution is 0.260. The van der Waals surface area contributed by atoms with Crippen molar-refractivity contribution in [3.8, 4) is 0 Å². The number of benzene rings is 1. The average molecular weight is 232 g/mol. The molecular formula is C10H14ClNOS. The Bertz CT molecular complexity index is 279. The zero-order chi connectivity index (χ0) is 10.4. The minimum Gasteiger partial charge on any atom is -0.395 e. The van der Waals surface area contributed by atoms with Crippen molar-refractivity contribution in [1.29, 1.82) is 0 Å². The third-order valence-electron chi connectivity index (χ3n) is 1.91. The molecule has 1 aromatic rings. The Balaban J connectivity index is 2.49. The molecule has 1 atom stereocenters. The SMILES string of the molecule is CNC(CO)CSc1ccccc1Cl. The van der Waals surface area contributed by atoms with Gasteiger partial charge in [-0.3, -0.25) is 0 Å². The van der Waals surface area contributed by atoms with E-state index in [0.717, 1.165) is 15.7 Å². The molecule has 0 aliphatic carbocycles. The van der Waals surface area contributed by atoms with Crippen LogP contribution in [0.4, 0.5) is 0 Å². The van der Waals surface area contributed by atoms with Crippen LogP contribution in [0.2, 0.25) is 5.02 Å². The topological polar surface area (TPSA) is 32.3 Å². The summed E-state index contributed by atoms with van der Waals surface area (Å²) in [6, 6.07) is 7.85. The van der Waals surface area contributed by atoms with Crippen LogP contribution in [-0.2, 0) is 0 Å². The quantitative estimate of drug-likeness (QED) is 0.761. The summed E-state index contributed by atoms with van der Waals surface area (Å²) in [6.07, 6.45) is 0. The third-order valence-corrected chi connectivity index (χ3v) is 3.58. The van der Waals surface area contributed by atoms with Crippen LogP contribution >= 0.6 is 23.4 Å². The van der Waals surface area contributed by atoms with Gasteiger partial charge < -0.3 is 10.4 Å². The minimum absolute atomic E-state index is 0.122. The maximum Gasteiger partial charge on any atom is 0.0592 e. The molecule has 14 heavy (non-hydrogen) atoms. The van der Waals surface area contributed by atoms with Crippen molar-refractivity contribution in [3.05, 3.63) is 29.3 Å². The summed E-state index contributed by atoms with van der Waals surface area (Å²) in [5.74, 6) is 0.816. The lowest BCUT2D eigenvalue weighted by Gasteiger charge is -2.12. The van der Waals surface area contributed by atoms with E-state index in [-0.39, 0.29) is 12.6 Å². The fourth-order valence-corrected chi connectivity index (χ4v) is 2.31. The molecule has 0 aromatic heterocycles. The van der Waals surface area contributed by atoms with Gasteiger partial charge in [-0.05, 0) is 19.2 Å². The van der Waals surface area contributed by atoms with Crippen LogP contribution in [0.5, 0.6) is 0 Å². The summed E-state index contributed by atoms with van der Waals surface area (Å²) >= 11 is 7.64. The van der Waals surface area contributed by atoms with Gasteiger partial charge in [-0.25, -0.2) is 0 Å². The molecule has 1 aromatic carbocycles. The van der Waals surface area contributed by atoms with Crippen molar-refractivity contribution < 1.29 is 5.11 Å². The zero-order valence-electron chi connectivity index (χ0n) is 8.03. The number of halogens is 1. The first-order valence-electron chi connectivity index (χ1n) is 4.43. The second-order valence-corrected chi connectivity index (χ2v) is 4.38. The van der Waals surface area contributed by atoms with Gasteiger partial charge in [0.25, 0.3) is 0 Å². The predicted molar refractivity (Wildman–Crippen MR) is 62.1 cm³/mol. The van der Waals surface area contributed by atoms with Gasteiger partial charge >= 0.3 is 0 Å². The van der Waals surface area contributed by atoms with E-state index in [1.165, 1.54) is 0 Å². The Morgan fingerprint density at radius 2 is 2.21 bits per heavy atom. The summed E-state index contributed by atoms with van der Waals surface area (Å²) in [4.78, 5) is 1.06. The number of thioether (sulfide) groups is 1. The Kier molecular flexibility index (Phi) is 5.33. The van der Waals surface area contributed by atoms with E-state index >= 15 is 0 Å². The molecule has 0 saturated heterocycles. The molecule has 0 aliphatic heterocycles. The van der Waals surface area contributed by atoms with E-state index in [1.807, 2.05) is 31.3 Å². The van der Waals surface area contributed by atoms with E-state index in [0.29, 0.717) is 0 Å². The lowest BCUT2D eigenvalue weighted by atomic mass is 10.4. The van der Waals surface area contributed by atoms with Gasteiger partial charge in [0.1, 0.15) is 0 Å². The van der Waals surface area contributed by atoms with Crippen molar-refractivity contribution in [2.45, 2.75) is 10.9 Å². The molecule has 1 rings (SSSR count). The molecule has 2 nitrogen and oxygen atoms in total. The molecule has 0 heterocycles. The highest BCUT2D eigenvalue weighted by molar-refractivity contribution is 7.99. The minimum atomic E-state index is 0.122. The van der Waals surface area contributed by atoms with Gasteiger partial charge in [-0.2, -0.15) is 0 Å². The molecule has 0 amide bonds. The second-order valence-electron chi connectivity index (χ2n) is 2.91. The van der Waals surface area contributed by atoms with Crippen LogP contribution in [-0.4, -0.2) is 30.6 Å². The molecule has 1 unspecified atom stereocenters. The number of aliphatic hydroxyl groups excluding tert-OH is 1. The number of nitrogens with one attached hydrogen (secondary N) is 1. The van der Waals surface area contributed by atoms with E-state index in [9.17, 15) is 0 Å². The van der Waals surface area contributed by atoms with Crippen molar-refractivity contribution >= 4 is 23.4 Å². The zero-order valence-corrected chi connectivity index (χ0v) is 9.61. The van der Waals surface area contributed by atoms with Gasteiger partial charge in [-0.15, -0.1) is 11.8 Å². The molecule has 0 saturated carbocycles. The van der Waals surface area contributed by atoms with E-state index in [1.54, 1.807) is 11.8 Å². The number of likely N-dealkylation sites (N-methyl/N-ethyl adjacent to an activating group) is 1. The molecule has 78 valence electrons. The number of aliphatic hydroxyl groups is 1. The van der Waals surface area contributed by atoms with Crippen LogP contribution < -0.4 is 5.32 Å². The van der Waals surface area contributed by atoms with Crippen LogP contribution in [0, 0.1) is 0 Å². The second kappa shape index (κ2) is 6.30. The number of hydrogen-bond acceptors (Lipinski definition) is 3. The summed E-state index contributed by atoms with van der Waals surface area (Å²) in [5, 5.41) is 12.8. The molecule has 2 N–H and O–H groups in total. The largest absolute Gasteiger partial charge is 0.395 e. The molecule has 0 fully saturated rings. The molecule has 4 heteroatoms. The fraction of sp³-hybridized carbons (Fsp3) is 0.400. The maximum atomic E-state index is 8.96. The third kappa shape index (κ3) is 3.50. The van der Waals surface area contributed by atoms with Crippen LogP contribution in [0.3, 0.4) is 0 Å². The summed E-state index contributed by atoms with van der Waals surface area (Å²) in [7, 11) is 1.84. The van der Waals surface area contributed by atoms with Gasteiger partial charge in [0.05, 0.1) is 11.6 Å². The van der Waals surface area contributed by atoms with E-state index in [2.05, 4.69) is 5.32 Å². The first-order chi connectivity index (χ1) is 6.77. The Morgan fingerprint density at radius 3 is 2.79 bits per heavy atom. The van der Waals surface area contributed by atoms with E-state index in [4.69, 9.17) is 16.7 Å². The summed E-state index contributed by atoms with van der Waals surface area (Å²) in [6.45, 7) is 0.147. The molecular weight excluding hydrogens is 218 g/mol. The monoisotopic (exact) mass is 231 g/mol. The van der Waals surface area contributed by atoms with Crippen molar-refractivity contribution in [2.75, 3.05) is 19.4 Å². The molecule has 0 radical (unpaired) electrons. The van der Waals surface area contributed by atoms with Gasteiger partial charge in [-0.1, -0.05) is 23.7 Å². The number of hydrogen-bond donors (Lipinski definition) is 2. The smallest absolute Gasteiger partial charge is 0.0592 e. The van der Waals surface area contributed by atoms with Crippen LogP contribution in [0.1, 0.15) is 0 Å². The lowest BCUT2D eigenvalue weighted by Crippen LogP contribution is -2.31. The molecule has 0 bridgehead atoms. The maximum absolute atomic E-state index is 8.96. The number of rotatable bonds is 5. The Hall–Kier alpha value is -0.220. The highest BCUT2D eigenvalue weighted by Gasteiger charge is 2.06. The predicted octanol–water partition coefficient (Wildman–Crippen LogP) is 2.01. The fourth-order valence-electron chi connectivity index (χ4n) is 0.979. The van der Waals surface area contributed by atoms with E-state index < -0.39 is 0 Å². The summed E-state index contributed by atoms with van der Waals surface area (Å²) in [5.41, 5.74) is 0. The Labute approximate surface area is 93.7 Å².